The first-order valence-electron chi connectivity index (χ1n) is 8.90. The summed E-state index contributed by atoms with van der Waals surface area (Å²) in [6.07, 6.45) is 10.2. The SMILES string of the molecule is CCCCCCNC(=O)C1CSCN1C(=O)C1CCCCC1. The summed E-state index contributed by atoms with van der Waals surface area (Å²) < 4.78 is 0. The third-order valence-electron chi connectivity index (χ3n) is 4.75. The van der Waals surface area contributed by atoms with Crippen LogP contribution < -0.4 is 5.32 Å². The van der Waals surface area contributed by atoms with Crippen molar-refractivity contribution in [1.29, 1.82) is 0 Å². The molecule has 126 valence electrons. The summed E-state index contributed by atoms with van der Waals surface area (Å²) in [6, 6.07) is -0.245. The van der Waals surface area contributed by atoms with Gasteiger partial charge in [0.1, 0.15) is 6.04 Å². The second-order valence-corrected chi connectivity index (χ2v) is 7.51. The number of thioether (sulfide) groups is 1. The van der Waals surface area contributed by atoms with E-state index in [-0.39, 0.29) is 23.8 Å². The molecule has 5 heteroatoms. The number of carbonyl (C=O) groups excluding carboxylic acids is 2. The van der Waals surface area contributed by atoms with E-state index in [1.54, 1.807) is 11.8 Å². The third kappa shape index (κ3) is 4.90. The summed E-state index contributed by atoms with van der Waals surface area (Å²) >= 11 is 1.70. The van der Waals surface area contributed by atoms with E-state index in [4.69, 9.17) is 0 Å². The third-order valence-corrected chi connectivity index (χ3v) is 5.76. The summed E-state index contributed by atoms with van der Waals surface area (Å²) in [5.41, 5.74) is 0. The highest BCUT2D eigenvalue weighted by atomic mass is 32.2. The van der Waals surface area contributed by atoms with Gasteiger partial charge in [0.2, 0.25) is 11.8 Å². The van der Waals surface area contributed by atoms with E-state index < -0.39 is 0 Å². The van der Waals surface area contributed by atoms with Crippen LogP contribution in [0.15, 0.2) is 0 Å². The van der Waals surface area contributed by atoms with Crippen LogP contribution in [0.25, 0.3) is 0 Å². The van der Waals surface area contributed by atoms with Crippen molar-refractivity contribution >= 4 is 23.6 Å². The Morgan fingerprint density at radius 2 is 1.91 bits per heavy atom. The molecular formula is C17H30N2O2S. The fourth-order valence-electron chi connectivity index (χ4n) is 3.34. The summed E-state index contributed by atoms with van der Waals surface area (Å²) in [6.45, 7) is 2.93. The zero-order valence-electron chi connectivity index (χ0n) is 13.8. The van der Waals surface area contributed by atoms with Crippen LogP contribution in [-0.4, -0.2) is 40.9 Å². The van der Waals surface area contributed by atoms with E-state index in [9.17, 15) is 9.59 Å². The summed E-state index contributed by atoms with van der Waals surface area (Å²) in [5.74, 6) is 1.86. The normalized spacial score (nSPS) is 22.8. The van der Waals surface area contributed by atoms with Gasteiger partial charge in [-0.3, -0.25) is 9.59 Å². The van der Waals surface area contributed by atoms with Crippen LogP contribution in [-0.2, 0) is 9.59 Å². The van der Waals surface area contributed by atoms with Gasteiger partial charge in [0.25, 0.3) is 0 Å². The maximum atomic E-state index is 12.7. The van der Waals surface area contributed by atoms with Crippen molar-refractivity contribution in [2.75, 3.05) is 18.2 Å². The zero-order chi connectivity index (χ0) is 15.8. The van der Waals surface area contributed by atoms with Gasteiger partial charge in [0.15, 0.2) is 0 Å². The van der Waals surface area contributed by atoms with Gasteiger partial charge in [-0.25, -0.2) is 0 Å². The molecule has 1 N–H and O–H groups in total. The molecule has 1 unspecified atom stereocenters. The van der Waals surface area contributed by atoms with Crippen molar-refractivity contribution in [3.05, 3.63) is 0 Å². The van der Waals surface area contributed by atoms with E-state index in [0.29, 0.717) is 5.88 Å². The Morgan fingerprint density at radius 1 is 1.14 bits per heavy atom. The highest BCUT2D eigenvalue weighted by molar-refractivity contribution is 7.99. The molecule has 1 saturated carbocycles. The van der Waals surface area contributed by atoms with Crippen LogP contribution in [0.2, 0.25) is 0 Å². The fourth-order valence-corrected chi connectivity index (χ4v) is 4.51. The molecule has 2 aliphatic rings. The molecule has 0 aromatic heterocycles. The number of hydrogen-bond donors (Lipinski definition) is 1. The number of unbranched alkanes of at least 4 members (excludes halogenated alkanes) is 3. The average molecular weight is 327 g/mol. The summed E-state index contributed by atoms with van der Waals surface area (Å²) in [7, 11) is 0. The van der Waals surface area contributed by atoms with Gasteiger partial charge >= 0.3 is 0 Å². The molecular weight excluding hydrogens is 296 g/mol. The lowest BCUT2D eigenvalue weighted by Crippen LogP contribution is -2.49. The van der Waals surface area contributed by atoms with Crippen LogP contribution in [0.4, 0.5) is 0 Å². The van der Waals surface area contributed by atoms with Gasteiger partial charge in [-0.15, -0.1) is 11.8 Å². The molecule has 0 bridgehead atoms. The molecule has 1 heterocycles. The minimum Gasteiger partial charge on any atom is -0.354 e. The Hall–Kier alpha value is -0.710. The first kappa shape index (κ1) is 17.6. The van der Waals surface area contributed by atoms with Crippen LogP contribution >= 0.6 is 11.8 Å². The molecule has 0 aromatic rings. The van der Waals surface area contributed by atoms with E-state index in [0.717, 1.165) is 44.4 Å². The van der Waals surface area contributed by atoms with Crippen molar-refractivity contribution in [2.45, 2.75) is 70.8 Å². The highest BCUT2D eigenvalue weighted by Gasteiger charge is 2.37. The number of rotatable bonds is 7. The van der Waals surface area contributed by atoms with Gasteiger partial charge in [0.05, 0.1) is 5.88 Å². The predicted octanol–water partition coefficient (Wildman–Crippen LogP) is 3.16. The molecule has 1 aliphatic heterocycles. The lowest BCUT2D eigenvalue weighted by atomic mass is 9.88. The maximum absolute atomic E-state index is 12.7. The first-order chi connectivity index (χ1) is 10.7. The van der Waals surface area contributed by atoms with Crippen molar-refractivity contribution in [3.63, 3.8) is 0 Å². The smallest absolute Gasteiger partial charge is 0.243 e. The molecule has 2 fully saturated rings. The largest absolute Gasteiger partial charge is 0.354 e. The Kier molecular flexibility index (Phi) is 7.56. The van der Waals surface area contributed by atoms with Crippen molar-refractivity contribution in [2.24, 2.45) is 5.92 Å². The molecule has 0 radical (unpaired) electrons. The monoisotopic (exact) mass is 326 g/mol. The average Bonchev–Trinajstić information content (AvgIpc) is 3.04. The zero-order valence-corrected chi connectivity index (χ0v) is 14.6. The number of nitrogens with zero attached hydrogens (tertiary/aromatic N) is 1. The highest BCUT2D eigenvalue weighted by Crippen LogP contribution is 2.29. The number of carbonyl (C=O) groups is 2. The quantitative estimate of drug-likeness (QED) is 0.731. The minimum atomic E-state index is -0.245. The van der Waals surface area contributed by atoms with Gasteiger partial charge in [-0.05, 0) is 19.3 Å². The Bertz CT molecular complexity index is 370. The van der Waals surface area contributed by atoms with Crippen LogP contribution in [0.3, 0.4) is 0 Å². The molecule has 1 saturated heterocycles. The number of hydrogen-bond acceptors (Lipinski definition) is 3. The maximum Gasteiger partial charge on any atom is 0.243 e. The van der Waals surface area contributed by atoms with Crippen LogP contribution in [0, 0.1) is 5.92 Å². The van der Waals surface area contributed by atoms with Crippen molar-refractivity contribution in [3.8, 4) is 0 Å². The Morgan fingerprint density at radius 3 is 2.64 bits per heavy atom. The number of amides is 2. The predicted molar refractivity (Wildman–Crippen MR) is 91.7 cm³/mol. The van der Waals surface area contributed by atoms with Gasteiger partial charge in [0, 0.05) is 18.2 Å². The van der Waals surface area contributed by atoms with E-state index in [1.807, 2.05) is 4.90 Å². The van der Waals surface area contributed by atoms with Crippen molar-refractivity contribution < 1.29 is 9.59 Å². The van der Waals surface area contributed by atoms with E-state index in [2.05, 4.69) is 12.2 Å². The topological polar surface area (TPSA) is 49.4 Å². The lowest BCUT2D eigenvalue weighted by molar-refractivity contribution is -0.142. The lowest BCUT2D eigenvalue weighted by Gasteiger charge is -2.29. The molecule has 0 spiro atoms. The van der Waals surface area contributed by atoms with Gasteiger partial charge in [-0.2, -0.15) is 0 Å². The molecule has 0 aromatic carbocycles. The molecule has 1 atom stereocenters. The number of nitrogens with one attached hydrogen (secondary N) is 1. The first-order valence-corrected chi connectivity index (χ1v) is 10.1. The fraction of sp³-hybridized carbons (Fsp3) is 0.882. The standard InChI is InChI=1S/C17H30N2O2S/c1-2-3-4-8-11-18-16(20)15-12-22-13-19(15)17(21)14-9-6-5-7-10-14/h14-15H,2-13H2,1H3,(H,18,20). The van der Waals surface area contributed by atoms with E-state index in [1.165, 1.54) is 25.7 Å². The Balaban J connectivity index is 1.78. The molecule has 1 aliphatic carbocycles. The molecule has 2 amide bonds. The van der Waals surface area contributed by atoms with Crippen LogP contribution in [0.5, 0.6) is 0 Å². The summed E-state index contributed by atoms with van der Waals surface area (Å²) in [4.78, 5) is 26.9. The van der Waals surface area contributed by atoms with Crippen molar-refractivity contribution in [1.82, 2.24) is 10.2 Å². The second kappa shape index (κ2) is 9.43. The molecule has 22 heavy (non-hydrogen) atoms. The molecule has 2 rings (SSSR count). The van der Waals surface area contributed by atoms with E-state index >= 15 is 0 Å². The Labute approximate surface area is 138 Å². The summed E-state index contributed by atoms with van der Waals surface area (Å²) in [5, 5.41) is 3.03. The van der Waals surface area contributed by atoms with Gasteiger partial charge < -0.3 is 10.2 Å². The molecule has 4 nitrogen and oxygen atoms in total. The minimum absolute atomic E-state index is 0.0469. The van der Waals surface area contributed by atoms with Crippen LogP contribution in [0.1, 0.15) is 64.7 Å². The van der Waals surface area contributed by atoms with Gasteiger partial charge in [-0.1, -0.05) is 45.4 Å². The second-order valence-electron chi connectivity index (χ2n) is 6.51.